The van der Waals surface area contributed by atoms with Crippen LogP contribution in [0.2, 0.25) is 0 Å². The van der Waals surface area contributed by atoms with E-state index in [1.807, 2.05) is 0 Å². The fourth-order valence-electron chi connectivity index (χ4n) is 3.05. The molecule has 2 nitrogen and oxygen atoms in total. The van der Waals surface area contributed by atoms with E-state index in [2.05, 4.69) is 59.5 Å². The van der Waals surface area contributed by atoms with E-state index in [0.29, 0.717) is 0 Å². The normalized spacial score (nSPS) is 16.5. The largest absolute Gasteiger partial charge is 0.379 e. The molecule has 1 aliphatic rings. The number of fused-ring (bicyclic) bond motifs is 1. The lowest BCUT2D eigenvalue weighted by atomic mass is 10.0. The summed E-state index contributed by atoms with van der Waals surface area (Å²) in [7, 11) is 0. The molecule has 1 heterocycles. The number of hydrogen-bond acceptors (Lipinski definition) is 2. The standard InChI is InChI=1S/C20H25NO/c1(2-6-13-21-14-16-22-17-15-21)3-8-18-10-7-11-19-9-4-5-12-20(18)19/h2,4-7,9-12H,1,3,8,13-17H2/b6-2+. The number of rotatable bonds is 6. The average Bonchev–Trinajstić information content (AvgIpc) is 2.59. The molecule has 116 valence electrons. The van der Waals surface area contributed by atoms with Crippen molar-refractivity contribution in [3.05, 3.63) is 60.2 Å². The zero-order chi connectivity index (χ0) is 15.0. The zero-order valence-electron chi connectivity index (χ0n) is 13.2. The number of morpholine rings is 1. The molecule has 0 aliphatic carbocycles. The van der Waals surface area contributed by atoms with E-state index >= 15 is 0 Å². The van der Waals surface area contributed by atoms with E-state index in [9.17, 15) is 0 Å². The predicted molar refractivity (Wildman–Crippen MR) is 93.3 cm³/mol. The van der Waals surface area contributed by atoms with Crippen LogP contribution in [0.4, 0.5) is 0 Å². The van der Waals surface area contributed by atoms with Crippen LogP contribution in [0.1, 0.15) is 18.4 Å². The van der Waals surface area contributed by atoms with Gasteiger partial charge < -0.3 is 4.74 Å². The van der Waals surface area contributed by atoms with Crippen LogP contribution in [0, 0.1) is 0 Å². The molecule has 0 saturated carbocycles. The Kier molecular flexibility index (Phi) is 5.63. The Morgan fingerprint density at radius 1 is 0.955 bits per heavy atom. The second kappa shape index (κ2) is 8.11. The topological polar surface area (TPSA) is 12.5 Å². The van der Waals surface area contributed by atoms with Crippen molar-refractivity contribution in [2.45, 2.75) is 19.3 Å². The molecule has 0 unspecified atom stereocenters. The van der Waals surface area contributed by atoms with Gasteiger partial charge in [0.1, 0.15) is 0 Å². The maximum absolute atomic E-state index is 5.36. The lowest BCUT2D eigenvalue weighted by Crippen LogP contribution is -2.36. The van der Waals surface area contributed by atoms with E-state index in [0.717, 1.165) is 45.7 Å². The first-order chi connectivity index (χ1) is 10.9. The molecule has 0 amide bonds. The molecular weight excluding hydrogens is 270 g/mol. The van der Waals surface area contributed by atoms with Crippen LogP contribution in [0.25, 0.3) is 10.8 Å². The number of benzene rings is 2. The molecule has 1 saturated heterocycles. The van der Waals surface area contributed by atoms with Crippen molar-refractivity contribution in [3.8, 4) is 0 Å². The highest BCUT2D eigenvalue weighted by Crippen LogP contribution is 2.20. The van der Waals surface area contributed by atoms with Crippen LogP contribution in [-0.2, 0) is 11.2 Å². The Balaban J connectivity index is 1.44. The minimum absolute atomic E-state index is 0.884. The van der Waals surface area contributed by atoms with Crippen molar-refractivity contribution in [1.82, 2.24) is 4.90 Å². The van der Waals surface area contributed by atoms with E-state index in [-0.39, 0.29) is 0 Å². The van der Waals surface area contributed by atoms with Gasteiger partial charge in [-0.3, -0.25) is 4.90 Å². The summed E-state index contributed by atoms with van der Waals surface area (Å²) in [6.45, 7) is 4.97. The molecule has 0 spiro atoms. The van der Waals surface area contributed by atoms with Gasteiger partial charge in [0.25, 0.3) is 0 Å². The Morgan fingerprint density at radius 3 is 2.68 bits per heavy atom. The van der Waals surface area contributed by atoms with Crippen molar-refractivity contribution in [1.29, 1.82) is 0 Å². The molecule has 1 aliphatic heterocycles. The quantitative estimate of drug-likeness (QED) is 0.589. The summed E-state index contributed by atoms with van der Waals surface area (Å²) < 4.78 is 5.36. The fourth-order valence-corrected chi connectivity index (χ4v) is 3.05. The van der Waals surface area contributed by atoms with Gasteiger partial charge in [0.2, 0.25) is 0 Å². The number of nitrogens with zero attached hydrogens (tertiary/aromatic N) is 1. The second-order valence-electron chi connectivity index (χ2n) is 5.91. The Labute approximate surface area is 133 Å². The van der Waals surface area contributed by atoms with Gasteiger partial charge in [-0.05, 0) is 35.6 Å². The first-order valence-electron chi connectivity index (χ1n) is 8.35. The Hall–Kier alpha value is -1.64. The highest BCUT2D eigenvalue weighted by atomic mass is 16.5. The molecule has 0 atom stereocenters. The number of ether oxygens (including phenoxy) is 1. The summed E-state index contributed by atoms with van der Waals surface area (Å²) in [5, 5.41) is 2.75. The van der Waals surface area contributed by atoms with E-state index in [1.165, 1.54) is 22.8 Å². The van der Waals surface area contributed by atoms with Gasteiger partial charge in [-0.2, -0.15) is 0 Å². The van der Waals surface area contributed by atoms with Crippen molar-refractivity contribution < 1.29 is 4.74 Å². The molecule has 3 rings (SSSR count). The third kappa shape index (κ3) is 4.19. The molecule has 0 radical (unpaired) electrons. The van der Waals surface area contributed by atoms with Gasteiger partial charge in [-0.15, -0.1) is 0 Å². The van der Waals surface area contributed by atoms with Crippen LogP contribution in [0.15, 0.2) is 54.6 Å². The summed E-state index contributed by atoms with van der Waals surface area (Å²) in [4.78, 5) is 2.45. The summed E-state index contributed by atoms with van der Waals surface area (Å²) in [5.74, 6) is 0. The molecule has 2 aromatic carbocycles. The van der Waals surface area contributed by atoms with Crippen LogP contribution in [0.3, 0.4) is 0 Å². The predicted octanol–water partition coefficient (Wildman–Crippen LogP) is 4.05. The summed E-state index contributed by atoms with van der Waals surface area (Å²) >= 11 is 0. The number of allylic oxidation sites excluding steroid dienone is 1. The molecule has 0 N–H and O–H groups in total. The van der Waals surface area contributed by atoms with Gasteiger partial charge >= 0.3 is 0 Å². The average molecular weight is 295 g/mol. The third-order valence-corrected chi connectivity index (χ3v) is 4.33. The van der Waals surface area contributed by atoms with Gasteiger partial charge in [-0.1, -0.05) is 54.6 Å². The fraction of sp³-hybridized carbons (Fsp3) is 0.400. The highest BCUT2D eigenvalue weighted by molar-refractivity contribution is 5.85. The molecule has 2 aromatic rings. The smallest absolute Gasteiger partial charge is 0.0594 e. The van der Waals surface area contributed by atoms with Gasteiger partial charge in [-0.25, -0.2) is 0 Å². The minimum atomic E-state index is 0.884. The third-order valence-electron chi connectivity index (χ3n) is 4.33. The number of hydrogen-bond donors (Lipinski definition) is 0. The van der Waals surface area contributed by atoms with Gasteiger partial charge in [0, 0.05) is 19.6 Å². The molecule has 0 bridgehead atoms. The highest BCUT2D eigenvalue weighted by Gasteiger charge is 2.07. The lowest BCUT2D eigenvalue weighted by Gasteiger charge is -2.25. The number of unbranched alkanes of at least 4 members (excludes halogenated alkanes) is 1. The van der Waals surface area contributed by atoms with Crippen molar-refractivity contribution >= 4 is 10.8 Å². The zero-order valence-corrected chi connectivity index (χ0v) is 13.2. The molecule has 22 heavy (non-hydrogen) atoms. The van der Waals surface area contributed by atoms with Crippen molar-refractivity contribution in [2.75, 3.05) is 32.8 Å². The van der Waals surface area contributed by atoms with E-state index in [4.69, 9.17) is 4.74 Å². The Morgan fingerprint density at radius 2 is 1.77 bits per heavy atom. The SMILES string of the molecule is C(=C\CN1CCOCC1)/CCCc1cccc2ccccc12. The summed E-state index contributed by atoms with van der Waals surface area (Å²) in [6.07, 6.45) is 8.18. The van der Waals surface area contributed by atoms with Crippen molar-refractivity contribution in [2.24, 2.45) is 0 Å². The van der Waals surface area contributed by atoms with Crippen LogP contribution < -0.4 is 0 Å². The van der Waals surface area contributed by atoms with E-state index in [1.54, 1.807) is 0 Å². The van der Waals surface area contributed by atoms with Crippen LogP contribution >= 0.6 is 0 Å². The maximum Gasteiger partial charge on any atom is 0.0594 e. The first kappa shape index (κ1) is 15.3. The Bertz CT molecular complexity index is 609. The lowest BCUT2D eigenvalue weighted by molar-refractivity contribution is 0.0434. The molecule has 0 aromatic heterocycles. The minimum Gasteiger partial charge on any atom is -0.379 e. The maximum atomic E-state index is 5.36. The molecular formula is C20H25NO. The first-order valence-corrected chi connectivity index (χ1v) is 8.35. The van der Waals surface area contributed by atoms with Crippen molar-refractivity contribution in [3.63, 3.8) is 0 Å². The summed E-state index contributed by atoms with van der Waals surface area (Å²) in [6, 6.07) is 15.3. The van der Waals surface area contributed by atoms with Crippen LogP contribution in [0.5, 0.6) is 0 Å². The van der Waals surface area contributed by atoms with Crippen LogP contribution in [-0.4, -0.2) is 37.7 Å². The van der Waals surface area contributed by atoms with E-state index < -0.39 is 0 Å². The molecule has 1 fully saturated rings. The van der Waals surface area contributed by atoms with Gasteiger partial charge in [0.05, 0.1) is 13.2 Å². The second-order valence-corrected chi connectivity index (χ2v) is 5.91. The monoisotopic (exact) mass is 295 g/mol. The van der Waals surface area contributed by atoms with Gasteiger partial charge in [0.15, 0.2) is 0 Å². The summed E-state index contributed by atoms with van der Waals surface area (Å²) in [5.41, 5.74) is 1.47. The number of aryl methyl sites for hydroxylation is 1. The molecule has 2 heteroatoms.